The minimum absolute atomic E-state index is 0.152. The molecule has 0 fully saturated rings. The molecule has 0 bridgehead atoms. The molecule has 0 aliphatic rings. The Morgan fingerprint density at radius 1 is 1.00 bits per heavy atom. The van der Waals surface area contributed by atoms with E-state index < -0.39 is 11.5 Å². The van der Waals surface area contributed by atoms with Crippen LogP contribution in [0.1, 0.15) is 24.2 Å². The van der Waals surface area contributed by atoms with Crippen LogP contribution in [0, 0.1) is 0 Å². The summed E-state index contributed by atoms with van der Waals surface area (Å²) in [6.45, 7) is 4.00. The van der Waals surface area contributed by atoms with Crippen molar-refractivity contribution < 1.29 is 9.90 Å². The second kappa shape index (κ2) is 10.8. The monoisotopic (exact) mass is 504 g/mol. The SMILES string of the molecule is CC.O=C(O)c1ccc(-c2csc(-n3[nH]c(-c4ccccc4)c(N=Nc4nccs4)c3=O)n2)cc1. The molecular weight excluding hydrogens is 484 g/mol. The van der Waals surface area contributed by atoms with Gasteiger partial charge in [0.15, 0.2) is 5.69 Å². The van der Waals surface area contributed by atoms with E-state index in [1.165, 1.54) is 39.5 Å². The molecule has 3 aromatic heterocycles. The third-order valence-electron chi connectivity index (χ3n) is 4.69. The van der Waals surface area contributed by atoms with Gasteiger partial charge in [-0.05, 0) is 12.1 Å². The molecule has 9 nitrogen and oxygen atoms in total. The molecule has 2 aromatic carbocycles. The number of nitrogens with one attached hydrogen (secondary N) is 1. The Balaban J connectivity index is 0.00000141. The van der Waals surface area contributed by atoms with Crippen molar-refractivity contribution in [1.82, 2.24) is 19.7 Å². The first-order valence-corrected chi connectivity index (χ1v) is 12.4. The van der Waals surface area contributed by atoms with Crippen molar-refractivity contribution >= 4 is 39.5 Å². The van der Waals surface area contributed by atoms with Gasteiger partial charge in [0.1, 0.15) is 0 Å². The van der Waals surface area contributed by atoms with E-state index in [4.69, 9.17) is 5.11 Å². The zero-order valence-electron chi connectivity index (χ0n) is 18.7. The number of carbonyl (C=O) groups is 1. The molecule has 0 spiro atoms. The number of benzene rings is 2. The van der Waals surface area contributed by atoms with E-state index in [9.17, 15) is 9.59 Å². The number of carboxylic acids is 1. The summed E-state index contributed by atoms with van der Waals surface area (Å²) in [4.78, 5) is 33.0. The quantitative estimate of drug-likeness (QED) is 0.254. The fourth-order valence-corrected chi connectivity index (χ4v) is 4.35. The summed E-state index contributed by atoms with van der Waals surface area (Å²) in [5.74, 6) is -0.994. The lowest BCUT2D eigenvalue weighted by Gasteiger charge is -1.99. The van der Waals surface area contributed by atoms with Crippen LogP contribution in [0.3, 0.4) is 0 Å². The van der Waals surface area contributed by atoms with Gasteiger partial charge in [0, 0.05) is 28.1 Å². The number of hydrogen-bond donors (Lipinski definition) is 2. The first-order valence-electron chi connectivity index (χ1n) is 10.6. The van der Waals surface area contributed by atoms with Gasteiger partial charge in [-0.2, -0.15) is 4.68 Å². The smallest absolute Gasteiger partial charge is 0.335 e. The first-order chi connectivity index (χ1) is 17.1. The molecule has 0 saturated carbocycles. The van der Waals surface area contributed by atoms with Crippen molar-refractivity contribution in [3.63, 3.8) is 0 Å². The summed E-state index contributed by atoms with van der Waals surface area (Å²) >= 11 is 2.60. The average molecular weight is 505 g/mol. The van der Waals surface area contributed by atoms with Gasteiger partial charge in [-0.25, -0.2) is 14.8 Å². The van der Waals surface area contributed by atoms with E-state index in [0.717, 1.165) is 11.1 Å². The highest BCUT2D eigenvalue weighted by Gasteiger charge is 2.19. The molecule has 35 heavy (non-hydrogen) atoms. The molecule has 0 aliphatic heterocycles. The molecule has 5 aromatic rings. The maximum Gasteiger partial charge on any atom is 0.335 e. The maximum atomic E-state index is 13.3. The van der Waals surface area contributed by atoms with Crippen LogP contribution in [0.4, 0.5) is 10.8 Å². The molecule has 0 radical (unpaired) electrons. The molecule has 0 amide bonds. The van der Waals surface area contributed by atoms with Gasteiger partial charge < -0.3 is 5.11 Å². The van der Waals surface area contributed by atoms with Crippen molar-refractivity contribution in [1.29, 1.82) is 0 Å². The van der Waals surface area contributed by atoms with Crippen molar-refractivity contribution in [2.75, 3.05) is 0 Å². The third-order valence-corrected chi connectivity index (χ3v) is 6.18. The van der Waals surface area contributed by atoms with Gasteiger partial charge in [-0.15, -0.1) is 32.9 Å². The topological polar surface area (TPSA) is 126 Å². The number of carboxylic acid groups (broad SMARTS) is 1. The Morgan fingerprint density at radius 3 is 2.40 bits per heavy atom. The number of azo groups is 1. The van der Waals surface area contributed by atoms with E-state index in [2.05, 4.69) is 25.3 Å². The largest absolute Gasteiger partial charge is 0.478 e. The molecule has 3 heterocycles. The van der Waals surface area contributed by atoms with Crippen molar-refractivity contribution in [2.24, 2.45) is 10.2 Å². The third kappa shape index (κ3) is 5.15. The lowest BCUT2D eigenvalue weighted by Crippen LogP contribution is -2.13. The van der Waals surface area contributed by atoms with Crippen LogP contribution in [0.2, 0.25) is 0 Å². The van der Waals surface area contributed by atoms with Gasteiger partial charge >= 0.3 is 11.5 Å². The normalized spacial score (nSPS) is 10.8. The van der Waals surface area contributed by atoms with Gasteiger partial charge in [0.05, 0.1) is 17.0 Å². The Morgan fingerprint density at radius 2 is 1.74 bits per heavy atom. The molecule has 176 valence electrons. The number of hydrogen-bond acceptors (Lipinski definition) is 8. The van der Waals surface area contributed by atoms with E-state index in [1.807, 2.05) is 44.2 Å². The molecular formula is C24H20N6O3S2. The fourth-order valence-electron chi connectivity index (χ4n) is 3.10. The molecule has 0 unspecified atom stereocenters. The zero-order valence-corrected chi connectivity index (χ0v) is 20.4. The summed E-state index contributed by atoms with van der Waals surface area (Å²) in [5.41, 5.74) is 2.62. The maximum absolute atomic E-state index is 13.3. The van der Waals surface area contributed by atoms with E-state index in [1.54, 1.807) is 29.1 Å². The summed E-state index contributed by atoms with van der Waals surface area (Å²) in [6.07, 6.45) is 1.62. The number of thiazole rings is 2. The zero-order chi connectivity index (χ0) is 24.8. The van der Waals surface area contributed by atoms with Crippen LogP contribution >= 0.6 is 22.7 Å². The van der Waals surface area contributed by atoms with Crippen LogP contribution in [-0.4, -0.2) is 30.8 Å². The minimum Gasteiger partial charge on any atom is -0.478 e. The molecule has 0 saturated heterocycles. The summed E-state index contributed by atoms with van der Waals surface area (Å²) < 4.78 is 1.33. The van der Waals surface area contributed by atoms with Crippen LogP contribution in [0.5, 0.6) is 0 Å². The molecule has 0 atom stereocenters. The Labute approximate surface area is 208 Å². The Hall–Kier alpha value is -4.22. The van der Waals surface area contributed by atoms with Crippen LogP contribution in [-0.2, 0) is 0 Å². The standard InChI is InChI=1S/C22H14N6O3S2.C2H6/c29-19-18(25-26-21-23-10-11-32-21)17(14-4-2-1-3-5-14)27-28(19)22-24-16(12-33-22)13-6-8-15(9-7-13)20(30)31;1-2/h1-12,27H,(H,30,31);1-2H3. The van der Waals surface area contributed by atoms with E-state index in [-0.39, 0.29) is 11.3 Å². The second-order valence-electron chi connectivity index (χ2n) is 6.75. The summed E-state index contributed by atoms with van der Waals surface area (Å²) in [5, 5.41) is 24.9. The Bertz CT molecular complexity index is 1500. The van der Waals surface area contributed by atoms with Gasteiger partial charge in [0.2, 0.25) is 10.3 Å². The second-order valence-corrected chi connectivity index (χ2v) is 8.46. The highest BCUT2D eigenvalue weighted by molar-refractivity contribution is 7.13. The first kappa shape index (κ1) is 23.9. The number of rotatable bonds is 6. The summed E-state index contributed by atoms with van der Waals surface area (Å²) in [7, 11) is 0. The number of aromatic carboxylic acids is 1. The highest BCUT2D eigenvalue weighted by Crippen LogP contribution is 2.30. The van der Waals surface area contributed by atoms with Crippen LogP contribution in [0.15, 0.2) is 86.6 Å². The van der Waals surface area contributed by atoms with Crippen molar-refractivity contribution in [2.45, 2.75) is 13.8 Å². The number of aromatic nitrogens is 4. The molecule has 11 heteroatoms. The highest BCUT2D eigenvalue weighted by atomic mass is 32.1. The number of H-pyrrole nitrogens is 1. The van der Waals surface area contributed by atoms with E-state index in [0.29, 0.717) is 21.7 Å². The number of aromatic amines is 1. The van der Waals surface area contributed by atoms with Crippen molar-refractivity contribution in [3.8, 4) is 27.6 Å². The fraction of sp³-hybridized carbons (Fsp3) is 0.0833. The Kier molecular flexibility index (Phi) is 7.38. The van der Waals surface area contributed by atoms with Crippen LogP contribution < -0.4 is 5.56 Å². The van der Waals surface area contributed by atoms with Gasteiger partial charge in [-0.3, -0.25) is 9.89 Å². The summed E-state index contributed by atoms with van der Waals surface area (Å²) in [6, 6.07) is 15.8. The van der Waals surface area contributed by atoms with Crippen LogP contribution in [0.25, 0.3) is 27.6 Å². The van der Waals surface area contributed by atoms with E-state index >= 15 is 0 Å². The predicted octanol–water partition coefficient (Wildman–Crippen LogP) is 6.55. The van der Waals surface area contributed by atoms with Gasteiger partial charge in [0.25, 0.3) is 0 Å². The van der Waals surface area contributed by atoms with Gasteiger partial charge in [-0.1, -0.05) is 56.3 Å². The molecule has 0 aliphatic carbocycles. The number of nitrogens with zero attached hydrogens (tertiary/aromatic N) is 5. The van der Waals surface area contributed by atoms with Crippen molar-refractivity contribution in [3.05, 3.63) is 87.5 Å². The molecule has 2 N–H and O–H groups in total. The predicted molar refractivity (Wildman–Crippen MR) is 138 cm³/mol. The molecule has 5 rings (SSSR count). The average Bonchev–Trinajstić information content (AvgIpc) is 3.65. The lowest BCUT2D eigenvalue weighted by atomic mass is 10.1. The minimum atomic E-state index is -0.994. The lowest BCUT2D eigenvalue weighted by molar-refractivity contribution is 0.0697.